The van der Waals surface area contributed by atoms with Gasteiger partial charge in [0.1, 0.15) is 5.82 Å². The second kappa shape index (κ2) is 11.8. The van der Waals surface area contributed by atoms with Gasteiger partial charge >= 0.3 is 46.7 Å². The molecule has 0 aliphatic heterocycles. The van der Waals surface area contributed by atoms with Gasteiger partial charge in [-0.25, -0.2) is 16.5 Å². The summed E-state index contributed by atoms with van der Waals surface area (Å²) in [6.45, 7) is 0. The van der Waals surface area contributed by atoms with Crippen molar-refractivity contribution < 1.29 is 57.8 Å². The van der Waals surface area contributed by atoms with E-state index >= 15 is 0 Å². The molecule has 1 saturated carbocycles. The molecule has 27 heavy (non-hydrogen) atoms. The van der Waals surface area contributed by atoms with Crippen LogP contribution in [-0.2, 0) is 30.7 Å². The molecule has 0 bridgehead atoms. The second-order valence-corrected chi connectivity index (χ2v) is 7.89. The Kier molecular flexibility index (Phi) is 10.6. The van der Waals surface area contributed by atoms with E-state index in [-0.39, 0.29) is 36.4 Å². The Bertz CT molecular complexity index is 779. The monoisotopic (exact) mass is 480 g/mol. The molecule has 5 rings (SSSR count). The van der Waals surface area contributed by atoms with Crippen molar-refractivity contribution >= 4 is 3.21 Å². The van der Waals surface area contributed by atoms with Gasteiger partial charge in [0.2, 0.25) is 0 Å². The first kappa shape index (κ1) is 24.2. The molecule has 3 aliphatic carbocycles. The van der Waals surface area contributed by atoms with Crippen LogP contribution < -0.4 is 24.8 Å². The van der Waals surface area contributed by atoms with E-state index in [1.807, 2.05) is 12.2 Å². The molecule has 0 N–H and O–H groups in total. The predicted molar refractivity (Wildman–Crippen MR) is 93.9 cm³/mol. The Morgan fingerprint density at radius 1 is 0.963 bits per heavy atom. The van der Waals surface area contributed by atoms with Gasteiger partial charge < -0.3 is 24.8 Å². The van der Waals surface area contributed by atoms with E-state index in [4.69, 9.17) is 0 Å². The number of hydrogen-bond acceptors (Lipinski definition) is 0. The van der Waals surface area contributed by atoms with E-state index < -0.39 is 0 Å². The molecule has 0 radical (unpaired) electrons. The minimum absolute atomic E-state index is 0. The van der Waals surface area contributed by atoms with Crippen LogP contribution in [0, 0.1) is 23.8 Å². The molecule has 1 fully saturated rings. The topological polar surface area (TPSA) is 0 Å². The van der Waals surface area contributed by atoms with Crippen molar-refractivity contribution in [3.8, 4) is 11.1 Å². The summed E-state index contributed by atoms with van der Waals surface area (Å²) in [4.78, 5) is 0. The standard InChI is InChI=1S/C13H7F2.C5H5.C4H6.2ClH.Zr/c14-10-3-1-8-5-9-2-4-11(15)7-13(9)12(8)6-10;1-2-4-5-3-1;1-2-4-3-1;;;/h1,3-4,6-7H,5H2;1-3H,4H2;1-3H2;2*1H;/q2*-1;;;;+2/p-2. The fourth-order valence-corrected chi connectivity index (χ4v) is 3.59. The molecule has 0 spiro atoms. The van der Waals surface area contributed by atoms with Crippen LogP contribution in [0.15, 0.2) is 48.6 Å². The molecule has 0 saturated heterocycles. The van der Waals surface area contributed by atoms with Gasteiger partial charge in [-0.1, -0.05) is 11.6 Å². The number of halogens is 4. The fourth-order valence-electron chi connectivity index (χ4n) is 2.72. The zero-order chi connectivity index (χ0) is 17.6. The maximum atomic E-state index is 13.1. The summed E-state index contributed by atoms with van der Waals surface area (Å²) < 4.78 is 27.9. The molecule has 5 heteroatoms. The Labute approximate surface area is 186 Å². The van der Waals surface area contributed by atoms with Crippen LogP contribution in [0.25, 0.3) is 11.1 Å². The Balaban J connectivity index is 0.000000253. The van der Waals surface area contributed by atoms with Crippen LogP contribution in [0.4, 0.5) is 8.78 Å². The molecule has 0 heterocycles. The number of fused-ring (bicyclic) bond motifs is 3. The average Bonchev–Trinajstić information content (AvgIpc) is 3.25. The molecular weight excluding hydrogens is 464 g/mol. The van der Waals surface area contributed by atoms with Gasteiger partial charge in [0, 0.05) is 5.82 Å². The molecule has 0 nitrogen and oxygen atoms in total. The van der Waals surface area contributed by atoms with Gasteiger partial charge in [0.15, 0.2) is 0 Å². The third kappa shape index (κ3) is 6.89. The van der Waals surface area contributed by atoms with E-state index in [9.17, 15) is 8.78 Å². The first-order valence-corrected chi connectivity index (χ1v) is 9.63. The van der Waals surface area contributed by atoms with E-state index in [1.165, 1.54) is 43.5 Å². The minimum atomic E-state index is -0.328. The number of rotatable bonds is 0. The van der Waals surface area contributed by atoms with Gasteiger partial charge in [-0.2, -0.15) is 12.1 Å². The summed E-state index contributed by atoms with van der Waals surface area (Å²) in [7, 11) is 0. The van der Waals surface area contributed by atoms with Crippen LogP contribution in [0.1, 0.15) is 36.8 Å². The molecule has 3 aliphatic rings. The summed E-state index contributed by atoms with van der Waals surface area (Å²) >= 11 is 1.67. The predicted octanol–water partition coefficient (Wildman–Crippen LogP) is -0.461. The Hall–Kier alpha value is -0.887. The zero-order valence-corrected chi connectivity index (χ0v) is 18.6. The van der Waals surface area contributed by atoms with Crippen LogP contribution in [0.5, 0.6) is 0 Å². The summed E-state index contributed by atoms with van der Waals surface area (Å²) in [5.41, 5.74) is 3.54. The van der Waals surface area contributed by atoms with E-state index in [1.54, 1.807) is 33.5 Å². The zero-order valence-electron chi connectivity index (χ0n) is 14.7. The van der Waals surface area contributed by atoms with Crippen LogP contribution in [0.3, 0.4) is 0 Å². The first-order valence-electron chi connectivity index (χ1n) is 8.40. The van der Waals surface area contributed by atoms with Crippen molar-refractivity contribution in [2.75, 3.05) is 0 Å². The van der Waals surface area contributed by atoms with Crippen LogP contribution >= 0.6 is 0 Å². The molecule has 0 unspecified atom stereocenters. The second-order valence-electron chi connectivity index (χ2n) is 6.15. The Morgan fingerprint density at radius 2 is 1.67 bits per heavy atom. The molecule has 2 aromatic rings. The SMILES string of the molecule is Fc1c[c-]c2c(c1)-c1cc(F)ccc1C2.[C-]1=CC=CC1.[Cl-].[Cl-].[Zr+2]=[C]1CCC1. The van der Waals surface area contributed by atoms with Gasteiger partial charge in [0.25, 0.3) is 0 Å². The third-order valence-corrected chi connectivity index (χ3v) is 5.49. The van der Waals surface area contributed by atoms with Gasteiger partial charge in [-0.05, 0) is 24.1 Å². The van der Waals surface area contributed by atoms with Crippen molar-refractivity contribution in [3.05, 3.63) is 83.5 Å². The fraction of sp³-hybridized carbons (Fsp3) is 0.227. The van der Waals surface area contributed by atoms with E-state index in [0.29, 0.717) is 6.42 Å². The van der Waals surface area contributed by atoms with Crippen molar-refractivity contribution in [3.63, 3.8) is 0 Å². The average molecular weight is 483 g/mol. The van der Waals surface area contributed by atoms with Crippen molar-refractivity contribution in [1.29, 1.82) is 0 Å². The summed E-state index contributed by atoms with van der Waals surface area (Å²) in [5, 5.41) is 0. The number of hydrogen-bond donors (Lipinski definition) is 0. The van der Waals surface area contributed by atoms with Crippen LogP contribution in [0.2, 0.25) is 0 Å². The quantitative estimate of drug-likeness (QED) is 0.381. The van der Waals surface area contributed by atoms with Gasteiger partial charge in [-0.3, -0.25) is 10.5 Å². The number of allylic oxidation sites excluding steroid dienone is 4. The molecular formula is C22H18Cl2F2Zr-2. The number of benzene rings is 2. The first-order chi connectivity index (χ1) is 12.1. The van der Waals surface area contributed by atoms with Crippen molar-refractivity contribution in [2.24, 2.45) is 0 Å². The molecule has 0 aromatic heterocycles. The Morgan fingerprint density at radius 3 is 2.19 bits per heavy atom. The molecule has 140 valence electrons. The van der Waals surface area contributed by atoms with Gasteiger partial charge in [-0.15, -0.1) is 29.7 Å². The van der Waals surface area contributed by atoms with Gasteiger partial charge in [0.05, 0.1) is 0 Å². The maximum absolute atomic E-state index is 13.1. The van der Waals surface area contributed by atoms with Crippen molar-refractivity contribution in [2.45, 2.75) is 32.1 Å². The molecule has 0 atom stereocenters. The summed E-state index contributed by atoms with van der Waals surface area (Å²) in [5.74, 6) is -0.614. The summed E-state index contributed by atoms with van der Waals surface area (Å²) in [6.07, 6.45) is 15.1. The molecule has 2 aromatic carbocycles. The van der Waals surface area contributed by atoms with Crippen molar-refractivity contribution in [1.82, 2.24) is 0 Å². The third-order valence-electron chi connectivity index (χ3n) is 4.26. The van der Waals surface area contributed by atoms with E-state index in [2.05, 4.69) is 18.2 Å². The van der Waals surface area contributed by atoms with E-state index in [0.717, 1.165) is 28.7 Å². The molecule has 0 amide bonds. The van der Waals surface area contributed by atoms with Crippen LogP contribution in [-0.4, -0.2) is 3.21 Å². The summed E-state index contributed by atoms with van der Waals surface area (Å²) in [6, 6.07) is 10.3. The normalized spacial score (nSPS) is 14.3.